The van der Waals surface area contributed by atoms with Crippen LogP contribution in [0.3, 0.4) is 0 Å². The van der Waals surface area contributed by atoms with Gasteiger partial charge in [-0.15, -0.1) is 0 Å². The lowest BCUT2D eigenvalue weighted by Gasteiger charge is -2.41. The molecule has 4 rings (SSSR count). The molecule has 0 aliphatic carbocycles. The molecule has 2 aromatic rings. The second kappa shape index (κ2) is 9.18. The highest BCUT2D eigenvalue weighted by atomic mass is 16.5. The van der Waals surface area contributed by atoms with Gasteiger partial charge in [-0.05, 0) is 24.3 Å². The number of aliphatic hydroxyl groups excluding tert-OH is 2. The molecule has 2 saturated heterocycles. The van der Waals surface area contributed by atoms with Crippen LogP contribution in [0.4, 0.5) is 5.69 Å². The van der Waals surface area contributed by atoms with E-state index in [9.17, 15) is 15.0 Å². The smallest absolute Gasteiger partial charge is 0.267 e. The molecule has 1 aromatic heterocycles. The molecule has 0 bridgehead atoms. The lowest BCUT2D eigenvalue weighted by Crippen LogP contribution is -2.57. The molecular formula is C22H30N4O4. The van der Waals surface area contributed by atoms with E-state index in [4.69, 9.17) is 4.74 Å². The van der Waals surface area contributed by atoms with Crippen molar-refractivity contribution in [2.45, 2.75) is 24.4 Å². The number of nitrogens with one attached hydrogen (secondary N) is 1. The van der Waals surface area contributed by atoms with Crippen LogP contribution in [-0.2, 0) is 11.8 Å². The van der Waals surface area contributed by atoms with Crippen molar-refractivity contribution in [3.8, 4) is 0 Å². The molecular weight excluding hydrogens is 384 g/mol. The Morgan fingerprint density at radius 2 is 1.83 bits per heavy atom. The normalized spacial score (nSPS) is 27.4. The van der Waals surface area contributed by atoms with Crippen molar-refractivity contribution in [3.63, 3.8) is 0 Å². The Morgan fingerprint density at radius 3 is 2.47 bits per heavy atom. The number of carbonyl (C=O) groups is 1. The van der Waals surface area contributed by atoms with Crippen molar-refractivity contribution in [3.05, 3.63) is 54.4 Å². The van der Waals surface area contributed by atoms with Gasteiger partial charge in [0.15, 0.2) is 0 Å². The minimum Gasteiger partial charge on any atom is -0.394 e. The molecule has 3 N–H and O–H groups in total. The van der Waals surface area contributed by atoms with Crippen LogP contribution in [0.15, 0.2) is 48.7 Å². The first kappa shape index (κ1) is 20.9. The lowest BCUT2D eigenvalue weighted by molar-refractivity contribution is -0.0209. The Labute approximate surface area is 176 Å². The summed E-state index contributed by atoms with van der Waals surface area (Å²) in [7, 11) is 1.82. The number of anilines is 1. The Hall–Kier alpha value is -2.39. The summed E-state index contributed by atoms with van der Waals surface area (Å²) in [5, 5.41) is 23.3. The highest BCUT2D eigenvalue weighted by Crippen LogP contribution is 2.27. The van der Waals surface area contributed by atoms with Gasteiger partial charge in [0.1, 0.15) is 17.9 Å². The Kier molecular flexibility index (Phi) is 6.38. The zero-order valence-electron chi connectivity index (χ0n) is 17.2. The van der Waals surface area contributed by atoms with Crippen LogP contribution in [0, 0.1) is 0 Å². The van der Waals surface area contributed by atoms with Crippen molar-refractivity contribution in [2.75, 3.05) is 44.2 Å². The average Bonchev–Trinajstić information content (AvgIpc) is 3.35. The molecule has 2 aliphatic heterocycles. The number of piperazine rings is 1. The van der Waals surface area contributed by atoms with Gasteiger partial charge < -0.3 is 29.7 Å². The SMILES string of the molecule is Cn1cccc1C(=O)NCC1OC(CO)C(O)C1N1CCN(c2ccccc2)CC1. The molecule has 1 amide bonds. The van der Waals surface area contributed by atoms with Gasteiger partial charge in [-0.3, -0.25) is 9.69 Å². The molecule has 4 atom stereocenters. The number of hydrogen-bond donors (Lipinski definition) is 3. The molecule has 0 spiro atoms. The van der Waals surface area contributed by atoms with Crippen molar-refractivity contribution in [2.24, 2.45) is 7.05 Å². The van der Waals surface area contributed by atoms with Crippen LogP contribution in [0.1, 0.15) is 10.5 Å². The fraction of sp³-hybridized carbons (Fsp3) is 0.500. The first-order valence-corrected chi connectivity index (χ1v) is 10.5. The molecule has 4 unspecified atom stereocenters. The molecule has 1 aromatic carbocycles. The fourth-order valence-electron chi connectivity index (χ4n) is 4.49. The molecule has 8 nitrogen and oxygen atoms in total. The summed E-state index contributed by atoms with van der Waals surface area (Å²) in [5.41, 5.74) is 1.76. The maximum atomic E-state index is 12.5. The maximum Gasteiger partial charge on any atom is 0.267 e. The lowest BCUT2D eigenvalue weighted by atomic mass is 10.0. The number of ether oxygens (including phenoxy) is 1. The van der Waals surface area contributed by atoms with Crippen LogP contribution in [0.5, 0.6) is 0 Å². The molecule has 0 radical (unpaired) electrons. The summed E-state index contributed by atoms with van der Waals surface area (Å²) >= 11 is 0. The van der Waals surface area contributed by atoms with Gasteiger partial charge in [-0.25, -0.2) is 0 Å². The first-order chi connectivity index (χ1) is 14.6. The second-order valence-corrected chi connectivity index (χ2v) is 7.95. The number of carbonyl (C=O) groups excluding carboxylic acids is 1. The number of aryl methyl sites for hydroxylation is 1. The predicted octanol–water partition coefficient (Wildman–Crippen LogP) is 0.0663. The molecule has 2 fully saturated rings. The van der Waals surface area contributed by atoms with Crippen LogP contribution in [0.2, 0.25) is 0 Å². The zero-order valence-corrected chi connectivity index (χ0v) is 17.2. The molecule has 30 heavy (non-hydrogen) atoms. The highest BCUT2D eigenvalue weighted by Gasteiger charge is 2.46. The number of benzene rings is 1. The summed E-state index contributed by atoms with van der Waals surface area (Å²) in [6, 6.07) is 13.6. The standard InChI is InChI=1S/C22H30N4O4/c1-24-9-5-8-17(24)22(29)23-14-18-20(21(28)19(15-27)30-18)26-12-10-25(11-13-26)16-6-3-2-4-7-16/h2-9,18-21,27-28H,10-15H2,1H3,(H,23,29). The molecule has 2 aliphatic rings. The summed E-state index contributed by atoms with van der Waals surface area (Å²) in [6.45, 7) is 3.28. The summed E-state index contributed by atoms with van der Waals surface area (Å²) in [6.07, 6.45) is 0.000566. The minimum atomic E-state index is -0.796. The Bertz CT molecular complexity index is 835. The summed E-state index contributed by atoms with van der Waals surface area (Å²) in [4.78, 5) is 17.0. The van der Waals surface area contributed by atoms with Gasteiger partial charge in [0.25, 0.3) is 5.91 Å². The van der Waals surface area contributed by atoms with Crippen LogP contribution >= 0.6 is 0 Å². The van der Waals surface area contributed by atoms with E-state index in [-0.39, 0.29) is 31.2 Å². The van der Waals surface area contributed by atoms with Gasteiger partial charge in [-0.2, -0.15) is 0 Å². The predicted molar refractivity (Wildman–Crippen MR) is 114 cm³/mol. The third-order valence-corrected chi connectivity index (χ3v) is 6.14. The largest absolute Gasteiger partial charge is 0.394 e. The number of hydrogen-bond acceptors (Lipinski definition) is 6. The Morgan fingerprint density at radius 1 is 1.10 bits per heavy atom. The quantitative estimate of drug-likeness (QED) is 0.620. The van der Waals surface area contributed by atoms with Crippen molar-refractivity contribution >= 4 is 11.6 Å². The van der Waals surface area contributed by atoms with E-state index in [1.54, 1.807) is 10.6 Å². The van der Waals surface area contributed by atoms with E-state index >= 15 is 0 Å². The van der Waals surface area contributed by atoms with E-state index in [2.05, 4.69) is 27.2 Å². The van der Waals surface area contributed by atoms with Crippen LogP contribution in [-0.4, -0.2) is 89.3 Å². The second-order valence-electron chi connectivity index (χ2n) is 7.95. The topological polar surface area (TPSA) is 90.2 Å². The molecule has 162 valence electrons. The van der Waals surface area contributed by atoms with Gasteiger partial charge >= 0.3 is 0 Å². The third kappa shape index (κ3) is 4.22. The molecule has 3 heterocycles. The van der Waals surface area contributed by atoms with Crippen LogP contribution in [0.25, 0.3) is 0 Å². The Balaban J connectivity index is 1.39. The number of aliphatic hydroxyl groups is 2. The van der Waals surface area contributed by atoms with E-state index in [0.29, 0.717) is 5.69 Å². The monoisotopic (exact) mass is 414 g/mol. The average molecular weight is 415 g/mol. The molecule has 0 saturated carbocycles. The van der Waals surface area contributed by atoms with Gasteiger partial charge in [0, 0.05) is 51.7 Å². The minimum absolute atomic E-state index is 0.180. The number of rotatable bonds is 6. The zero-order chi connectivity index (χ0) is 21.1. The van der Waals surface area contributed by atoms with Gasteiger partial charge in [0.05, 0.1) is 18.8 Å². The van der Waals surface area contributed by atoms with E-state index in [1.807, 2.05) is 37.5 Å². The van der Waals surface area contributed by atoms with Crippen LogP contribution < -0.4 is 10.2 Å². The van der Waals surface area contributed by atoms with Crippen molar-refractivity contribution < 1.29 is 19.7 Å². The van der Waals surface area contributed by atoms with Gasteiger partial charge in [0.2, 0.25) is 0 Å². The first-order valence-electron chi connectivity index (χ1n) is 10.5. The number of para-hydroxylation sites is 1. The number of nitrogens with zero attached hydrogens (tertiary/aromatic N) is 3. The highest BCUT2D eigenvalue weighted by molar-refractivity contribution is 5.92. The fourth-order valence-corrected chi connectivity index (χ4v) is 4.49. The summed E-state index contributed by atoms with van der Waals surface area (Å²) in [5.74, 6) is -0.180. The maximum absolute atomic E-state index is 12.5. The van der Waals surface area contributed by atoms with E-state index < -0.39 is 12.2 Å². The number of aromatic nitrogens is 1. The van der Waals surface area contributed by atoms with E-state index in [0.717, 1.165) is 26.2 Å². The molecule has 8 heteroatoms. The van der Waals surface area contributed by atoms with Crippen molar-refractivity contribution in [1.29, 1.82) is 0 Å². The number of amides is 1. The third-order valence-electron chi connectivity index (χ3n) is 6.14. The van der Waals surface area contributed by atoms with Crippen molar-refractivity contribution in [1.82, 2.24) is 14.8 Å². The van der Waals surface area contributed by atoms with E-state index in [1.165, 1.54) is 5.69 Å². The summed E-state index contributed by atoms with van der Waals surface area (Å²) < 4.78 is 7.68. The van der Waals surface area contributed by atoms with Gasteiger partial charge in [-0.1, -0.05) is 18.2 Å².